The molecule has 2 aliphatic heterocycles. The van der Waals surface area contributed by atoms with E-state index in [4.69, 9.17) is 25.5 Å². The van der Waals surface area contributed by atoms with Gasteiger partial charge in [0, 0.05) is 36.6 Å². The second-order valence-corrected chi connectivity index (χ2v) is 9.28. The highest BCUT2D eigenvalue weighted by Crippen LogP contribution is 2.40. The summed E-state index contributed by atoms with van der Waals surface area (Å²) in [6, 6.07) is 13.1. The predicted molar refractivity (Wildman–Crippen MR) is 135 cm³/mol. The van der Waals surface area contributed by atoms with Crippen LogP contribution in [0.4, 0.5) is 0 Å². The van der Waals surface area contributed by atoms with Crippen molar-refractivity contribution >= 4 is 34.3 Å². The summed E-state index contributed by atoms with van der Waals surface area (Å²) in [4.78, 5) is 30.8. The minimum Gasteiger partial charge on any atom is -0.503 e. The van der Waals surface area contributed by atoms with Crippen LogP contribution >= 0.6 is 11.6 Å². The van der Waals surface area contributed by atoms with E-state index in [9.17, 15) is 14.7 Å². The van der Waals surface area contributed by atoms with E-state index in [1.54, 1.807) is 48.5 Å². The lowest BCUT2D eigenvalue weighted by molar-refractivity contribution is -0.129. The third kappa shape index (κ3) is 4.59. The molecule has 2 aromatic carbocycles. The van der Waals surface area contributed by atoms with Gasteiger partial charge in [0.05, 0.1) is 31.9 Å². The van der Waals surface area contributed by atoms with Crippen molar-refractivity contribution in [2.75, 3.05) is 46.5 Å². The van der Waals surface area contributed by atoms with Crippen LogP contribution in [0.15, 0.2) is 64.3 Å². The maximum Gasteiger partial charge on any atom is 0.290 e. The van der Waals surface area contributed by atoms with Gasteiger partial charge in [-0.15, -0.1) is 0 Å². The van der Waals surface area contributed by atoms with Gasteiger partial charge in [-0.2, -0.15) is 0 Å². The molecule has 0 aliphatic carbocycles. The number of halogens is 1. The van der Waals surface area contributed by atoms with Gasteiger partial charge in [-0.25, -0.2) is 0 Å². The number of rotatable bonds is 8. The Kier molecular flexibility index (Phi) is 7.00. The van der Waals surface area contributed by atoms with Gasteiger partial charge < -0.3 is 23.9 Å². The number of hydrogen-bond acceptors (Lipinski definition) is 7. The smallest absolute Gasteiger partial charge is 0.290 e. The largest absolute Gasteiger partial charge is 0.503 e. The SMILES string of the molecule is COc1cccc2cc(C(=O)C3=C(O)C(=O)N(CCCN4CCOCC4)[C@H]3c3cccc(Cl)c3)oc12. The number of morpholine rings is 1. The highest BCUT2D eigenvalue weighted by atomic mass is 35.5. The first-order valence-electron chi connectivity index (χ1n) is 11.9. The molecule has 1 N–H and O–H groups in total. The lowest BCUT2D eigenvalue weighted by atomic mass is 9.95. The topological polar surface area (TPSA) is 92.5 Å². The average molecular weight is 511 g/mol. The van der Waals surface area contributed by atoms with Gasteiger partial charge in [-0.3, -0.25) is 14.5 Å². The van der Waals surface area contributed by atoms with E-state index in [0.29, 0.717) is 53.5 Å². The van der Waals surface area contributed by atoms with Gasteiger partial charge in [0.1, 0.15) is 0 Å². The Balaban J connectivity index is 1.47. The van der Waals surface area contributed by atoms with Gasteiger partial charge >= 0.3 is 0 Å². The molecule has 0 saturated carbocycles. The minimum atomic E-state index is -0.788. The molecule has 5 rings (SSSR count). The number of benzene rings is 2. The Morgan fingerprint density at radius 3 is 2.67 bits per heavy atom. The van der Waals surface area contributed by atoms with E-state index in [1.165, 1.54) is 12.0 Å². The molecule has 9 heteroatoms. The number of para-hydroxylation sites is 1. The second kappa shape index (κ2) is 10.3. The number of aliphatic hydroxyl groups is 1. The van der Waals surface area contributed by atoms with E-state index >= 15 is 0 Å². The summed E-state index contributed by atoms with van der Waals surface area (Å²) in [5, 5.41) is 12.1. The maximum atomic E-state index is 13.7. The molecule has 8 nitrogen and oxygen atoms in total. The Morgan fingerprint density at radius 2 is 1.92 bits per heavy atom. The molecular weight excluding hydrogens is 484 g/mol. The monoisotopic (exact) mass is 510 g/mol. The van der Waals surface area contributed by atoms with Crippen LogP contribution in [0.5, 0.6) is 5.75 Å². The van der Waals surface area contributed by atoms with Crippen LogP contribution in [-0.4, -0.2) is 73.1 Å². The lowest BCUT2D eigenvalue weighted by Crippen LogP contribution is -2.39. The zero-order chi connectivity index (χ0) is 25.2. The van der Waals surface area contributed by atoms with Gasteiger partial charge in [0.2, 0.25) is 5.78 Å². The average Bonchev–Trinajstić information content (AvgIpc) is 3.44. The third-order valence-corrected chi connectivity index (χ3v) is 6.88. The number of Topliss-reactive ketones (excluding diaryl/α,β-unsaturated/α-hetero) is 1. The van der Waals surface area contributed by atoms with Crippen molar-refractivity contribution < 1.29 is 28.6 Å². The van der Waals surface area contributed by atoms with Crippen molar-refractivity contribution in [3.8, 4) is 5.75 Å². The fourth-order valence-corrected chi connectivity index (χ4v) is 5.07. The van der Waals surface area contributed by atoms with Crippen LogP contribution in [0.3, 0.4) is 0 Å². The van der Waals surface area contributed by atoms with Crippen molar-refractivity contribution in [1.82, 2.24) is 9.80 Å². The van der Waals surface area contributed by atoms with Crippen molar-refractivity contribution in [3.63, 3.8) is 0 Å². The van der Waals surface area contributed by atoms with Crippen LogP contribution in [0.2, 0.25) is 5.02 Å². The molecule has 0 spiro atoms. The molecule has 3 heterocycles. The van der Waals surface area contributed by atoms with Crippen LogP contribution in [-0.2, 0) is 9.53 Å². The van der Waals surface area contributed by atoms with E-state index < -0.39 is 23.5 Å². The summed E-state index contributed by atoms with van der Waals surface area (Å²) < 4.78 is 16.6. The van der Waals surface area contributed by atoms with Crippen molar-refractivity contribution in [2.24, 2.45) is 0 Å². The summed E-state index contributed by atoms with van der Waals surface area (Å²) in [7, 11) is 1.52. The van der Waals surface area contributed by atoms with Gasteiger partial charge in [0.15, 0.2) is 22.9 Å². The quantitative estimate of drug-likeness (QED) is 0.449. The number of carbonyl (C=O) groups excluding carboxylic acids is 2. The maximum absolute atomic E-state index is 13.7. The summed E-state index contributed by atoms with van der Waals surface area (Å²) in [6.45, 7) is 4.21. The zero-order valence-electron chi connectivity index (χ0n) is 19.9. The summed E-state index contributed by atoms with van der Waals surface area (Å²) >= 11 is 6.26. The van der Waals surface area contributed by atoms with Crippen molar-refractivity contribution in [1.29, 1.82) is 0 Å². The first kappa shape index (κ1) is 24.4. The number of carbonyl (C=O) groups is 2. The fraction of sp³-hybridized carbons (Fsp3) is 0.333. The van der Waals surface area contributed by atoms with Crippen molar-refractivity contribution in [3.05, 3.63) is 76.2 Å². The van der Waals surface area contributed by atoms with Crippen LogP contribution in [0.25, 0.3) is 11.0 Å². The molecule has 188 valence electrons. The number of aliphatic hydroxyl groups excluding tert-OH is 1. The molecule has 36 heavy (non-hydrogen) atoms. The van der Waals surface area contributed by atoms with E-state index in [1.807, 2.05) is 0 Å². The molecular formula is C27H27ClN2O6. The third-order valence-electron chi connectivity index (χ3n) is 6.64. The zero-order valence-corrected chi connectivity index (χ0v) is 20.7. The molecule has 2 aliphatic rings. The van der Waals surface area contributed by atoms with E-state index in [-0.39, 0.29) is 11.3 Å². The highest BCUT2D eigenvalue weighted by Gasteiger charge is 2.44. The van der Waals surface area contributed by atoms with Crippen molar-refractivity contribution in [2.45, 2.75) is 12.5 Å². The molecule has 1 aromatic heterocycles. The fourth-order valence-electron chi connectivity index (χ4n) is 4.87. The van der Waals surface area contributed by atoms with Crippen LogP contribution in [0, 0.1) is 0 Å². The number of hydrogen-bond donors (Lipinski definition) is 1. The summed E-state index contributed by atoms with van der Waals surface area (Å²) in [5.74, 6) is -1.20. The molecule has 0 unspecified atom stereocenters. The number of ketones is 1. The number of ether oxygens (including phenoxy) is 2. The lowest BCUT2D eigenvalue weighted by Gasteiger charge is -2.30. The Morgan fingerprint density at radius 1 is 1.14 bits per heavy atom. The number of amides is 1. The summed E-state index contributed by atoms with van der Waals surface area (Å²) in [6.07, 6.45) is 0.680. The molecule has 1 amide bonds. The normalized spacial score (nSPS) is 18.9. The number of nitrogens with zero attached hydrogens (tertiary/aromatic N) is 2. The number of furan rings is 1. The Bertz CT molecular complexity index is 1330. The number of methoxy groups -OCH3 is 1. The molecule has 0 bridgehead atoms. The van der Waals surface area contributed by atoms with E-state index in [2.05, 4.69) is 4.90 Å². The van der Waals surface area contributed by atoms with Crippen LogP contribution < -0.4 is 4.74 Å². The van der Waals surface area contributed by atoms with Gasteiger partial charge in [-0.05, 0) is 36.2 Å². The second-order valence-electron chi connectivity index (χ2n) is 8.84. The van der Waals surface area contributed by atoms with Crippen LogP contribution in [0.1, 0.15) is 28.6 Å². The molecule has 0 radical (unpaired) electrons. The molecule has 1 saturated heterocycles. The molecule has 1 atom stereocenters. The molecule has 3 aromatic rings. The minimum absolute atomic E-state index is 0.0195. The van der Waals surface area contributed by atoms with Gasteiger partial charge in [0.25, 0.3) is 5.91 Å². The predicted octanol–water partition coefficient (Wildman–Crippen LogP) is 4.40. The van der Waals surface area contributed by atoms with Gasteiger partial charge in [-0.1, -0.05) is 35.9 Å². The Labute approximate surface area is 213 Å². The first-order valence-corrected chi connectivity index (χ1v) is 12.3. The number of fused-ring (bicyclic) bond motifs is 1. The standard InChI is InChI=1S/C27H27ClN2O6/c1-34-20-8-3-6-18-16-21(36-26(18)20)24(31)22-23(17-5-2-7-19(28)15-17)30(27(33)25(22)32)10-4-9-29-11-13-35-14-12-29/h2-3,5-8,15-16,23,32H,4,9-14H2,1H3/t23-/m0/s1. The highest BCUT2D eigenvalue weighted by molar-refractivity contribution is 6.30. The summed E-state index contributed by atoms with van der Waals surface area (Å²) in [5.41, 5.74) is 1.05. The first-order chi connectivity index (χ1) is 17.5. The van der Waals surface area contributed by atoms with E-state index in [0.717, 1.165) is 19.6 Å². The molecule has 1 fully saturated rings. The Hall–Kier alpha value is -3.33.